The van der Waals surface area contributed by atoms with Crippen LogP contribution in [0, 0.1) is 12.8 Å². The quantitative estimate of drug-likeness (QED) is 0.605. The van der Waals surface area contributed by atoms with Gasteiger partial charge < -0.3 is 10.2 Å². The van der Waals surface area contributed by atoms with Crippen LogP contribution in [0.25, 0.3) is 0 Å². The standard InChI is InChI=1S/C17H26N4O2S2/c1-12-19-20-17(25-12)24-11-9-18-15(22)14-8-5-10-21(14)16(23)13-6-3-2-4-7-13/h13-14H,2-11H2,1H3,(H,18,22)/t14-/m0/s1. The molecule has 8 heteroatoms. The monoisotopic (exact) mass is 382 g/mol. The van der Waals surface area contributed by atoms with E-state index in [0.29, 0.717) is 6.54 Å². The van der Waals surface area contributed by atoms with Crippen molar-refractivity contribution in [2.45, 2.75) is 62.3 Å². The van der Waals surface area contributed by atoms with E-state index in [4.69, 9.17) is 0 Å². The van der Waals surface area contributed by atoms with E-state index in [0.717, 1.165) is 60.2 Å². The molecule has 1 aliphatic carbocycles. The molecule has 1 atom stereocenters. The van der Waals surface area contributed by atoms with Crippen LogP contribution in [-0.4, -0.2) is 51.8 Å². The van der Waals surface area contributed by atoms with Gasteiger partial charge in [-0.25, -0.2) is 0 Å². The van der Waals surface area contributed by atoms with Crippen molar-refractivity contribution in [2.24, 2.45) is 5.92 Å². The minimum Gasteiger partial charge on any atom is -0.353 e. The van der Waals surface area contributed by atoms with Crippen molar-refractivity contribution in [1.29, 1.82) is 0 Å². The number of hydrogen-bond acceptors (Lipinski definition) is 6. The van der Waals surface area contributed by atoms with Gasteiger partial charge in [0.2, 0.25) is 11.8 Å². The highest BCUT2D eigenvalue weighted by atomic mass is 32.2. The average Bonchev–Trinajstić information content (AvgIpc) is 3.28. The summed E-state index contributed by atoms with van der Waals surface area (Å²) in [4.78, 5) is 27.1. The zero-order chi connectivity index (χ0) is 17.6. The molecule has 1 aliphatic heterocycles. The molecule has 3 rings (SSSR count). The van der Waals surface area contributed by atoms with Gasteiger partial charge in [-0.1, -0.05) is 42.4 Å². The Morgan fingerprint density at radius 3 is 2.72 bits per heavy atom. The highest BCUT2D eigenvalue weighted by Crippen LogP contribution is 2.29. The van der Waals surface area contributed by atoms with Gasteiger partial charge in [-0.2, -0.15) is 0 Å². The Hall–Kier alpha value is -1.15. The largest absolute Gasteiger partial charge is 0.353 e. The van der Waals surface area contributed by atoms with E-state index in [1.165, 1.54) is 6.42 Å². The fourth-order valence-corrected chi connectivity index (χ4v) is 5.40. The minimum atomic E-state index is -0.275. The van der Waals surface area contributed by atoms with Gasteiger partial charge in [0, 0.05) is 24.8 Å². The van der Waals surface area contributed by atoms with Gasteiger partial charge in [-0.3, -0.25) is 9.59 Å². The Labute approximate surface area is 157 Å². The van der Waals surface area contributed by atoms with Crippen LogP contribution in [0.1, 0.15) is 50.0 Å². The van der Waals surface area contributed by atoms with E-state index in [1.54, 1.807) is 23.1 Å². The summed E-state index contributed by atoms with van der Waals surface area (Å²) in [6, 6.07) is -0.275. The lowest BCUT2D eigenvalue weighted by atomic mass is 9.88. The number of thioether (sulfide) groups is 1. The third-order valence-corrected chi connectivity index (χ3v) is 6.90. The molecule has 0 bridgehead atoms. The number of carbonyl (C=O) groups excluding carboxylic acids is 2. The number of nitrogens with one attached hydrogen (secondary N) is 1. The summed E-state index contributed by atoms with van der Waals surface area (Å²) in [6.45, 7) is 3.25. The third-order valence-electron chi connectivity index (χ3n) is 4.93. The first-order valence-corrected chi connectivity index (χ1v) is 11.0. The lowest BCUT2D eigenvalue weighted by Crippen LogP contribution is -2.48. The predicted molar refractivity (Wildman–Crippen MR) is 99.7 cm³/mol. The SMILES string of the molecule is Cc1nnc(SCCNC(=O)[C@@H]2CCCN2C(=O)C2CCCCC2)s1. The Balaban J connectivity index is 1.44. The topological polar surface area (TPSA) is 75.2 Å². The minimum absolute atomic E-state index is 0.00398. The van der Waals surface area contributed by atoms with E-state index < -0.39 is 0 Å². The van der Waals surface area contributed by atoms with Crippen LogP contribution < -0.4 is 5.32 Å². The zero-order valence-corrected chi connectivity index (χ0v) is 16.3. The van der Waals surface area contributed by atoms with E-state index in [2.05, 4.69) is 15.5 Å². The van der Waals surface area contributed by atoms with Crippen molar-refractivity contribution in [1.82, 2.24) is 20.4 Å². The molecule has 0 unspecified atom stereocenters. The summed E-state index contributed by atoms with van der Waals surface area (Å²) in [6.07, 6.45) is 7.21. The highest BCUT2D eigenvalue weighted by molar-refractivity contribution is 8.01. The van der Waals surface area contributed by atoms with Crippen LogP contribution in [0.4, 0.5) is 0 Å². The molecule has 1 N–H and O–H groups in total. The molecular weight excluding hydrogens is 356 g/mol. The molecule has 0 aromatic carbocycles. The lowest BCUT2D eigenvalue weighted by Gasteiger charge is -2.30. The number of aryl methyl sites for hydroxylation is 1. The maximum absolute atomic E-state index is 12.8. The molecule has 0 radical (unpaired) electrons. The van der Waals surface area contributed by atoms with Gasteiger partial charge in [0.1, 0.15) is 11.0 Å². The average molecular weight is 383 g/mol. The van der Waals surface area contributed by atoms with Crippen molar-refractivity contribution in [3.63, 3.8) is 0 Å². The van der Waals surface area contributed by atoms with Crippen molar-refractivity contribution < 1.29 is 9.59 Å². The summed E-state index contributed by atoms with van der Waals surface area (Å²) in [5.41, 5.74) is 0. The number of amides is 2. The molecule has 6 nitrogen and oxygen atoms in total. The van der Waals surface area contributed by atoms with Gasteiger partial charge in [-0.05, 0) is 32.6 Å². The summed E-state index contributed by atoms with van der Waals surface area (Å²) in [5.74, 6) is 1.11. The highest BCUT2D eigenvalue weighted by Gasteiger charge is 2.37. The fourth-order valence-electron chi connectivity index (χ4n) is 3.65. The van der Waals surface area contributed by atoms with Crippen molar-refractivity contribution in [2.75, 3.05) is 18.8 Å². The maximum Gasteiger partial charge on any atom is 0.242 e. The molecule has 1 aromatic heterocycles. The second-order valence-electron chi connectivity index (χ2n) is 6.75. The second-order valence-corrected chi connectivity index (χ2v) is 9.27. The van der Waals surface area contributed by atoms with Crippen LogP contribution in [-0.2, 0) is 9.59 Å². The van der Waals surface area contributed by atoms with E-state index >= 15 is 0 Å². The van der Waals surface area contributed by atoms with Crippen molar-refractivity contribution in [3.05, 3.63) is 5.01 Å². The molecule has 1 saturated heterocycles. The molecule has 1 aromatic rings. The first-order valence-electron chi connectivity index (χ1n) is 9.16. The predicted octanol–water partition coefficient (Wildman–Crippen LogP) is 2.63. The first-order chi connectivity index (χ1) is 12.1. The number of nitrogens with zero attached hydrogens (tertiary/aromatic N) is 3. The van der Waals surface area contributed by atoms with Gasteiger partial charge in [0.15, 0.2) is 4.34 Å². The van der Waals surface area contributed by atoms with Gasteiger partial charge >= 0.3 is 0 Å². The van der Waals surface area contributed by atoms with Gasteiger partial charge in [-0.15, -0.1) is 10.2 Å². The van der Waals surface area contributed by atoms with Crippen LogP contribution >= 0.6 is 23.1 Å². The zero-order valence-electron chi connectivity index (χ0n) is 14.7. The summed E-state index contributed by atoms with van der Waals surface area (Å²) < 4.78 is 0.932. The van der Waals surface area contributed by atoms with Gasteiger partial charge in [0.05, 0.1) is 0 Å². The second kappa shape index (κ2) is 8.98. The van der Waals surface area contributed by atoms with Crippen LogP contribution in [0.5, 0.6) is 0 Å². The molecule has 2 aliphatic rings. The van der Waals surface area contributed by atoms with Gasteiger partial charge in [0.25, 0.3) is 0 Å². The number of carbonyl (C=O) groups is 2. The smallest absolute Gasteiger partial charge is 0.242 e. The van der Waals surface area contributed by atoms with E-state index in [1.807, 2.05) is 11.8 Å². The van der Waals surface area contributed by atoms with Crippen molar-refractivity contribution in [3.8, 4) is 0 Å². The Kier molecular flexibility index (Phi) is 6.70. The molecule has 2 heterocycles. The summed E-state index contributed by atoms with van der Waals surface area (Å²) >= 11 is 3.17. The van der Waals surface area contributed by atoms with Crippen LogP contribution in [0.2, 0.25) is 0 Å². The van der Waals surface area contributed by atoms with Crippen LogP contribution in [0.3, 0.4) is 0 Å². The maximum atomic E-state index is 12.8. The summed E-state index contributed by atoms with van der Waals surface area (Å²) in [5, 5.41) is 12.0. The number of aromatic nitrogens is 2. The molecule has 1 saturated carbocycles. The van der Waals surface area contributed by atoms with E-state index in [9.17, 15) is 9.59 Å². The fraction of sp³-hybridized carbons (Fsp3) is 0.765. The van der Waals surface area contributed by atoms with Crippen molar-refractivity contribution >= 4 is 34.9 Å². The summed E-state index contributed by atoms with van der Waals surface area (Å²) in [7, 11) is 0. The molecule has 2 fully saturated rings. The Morgan fingerprint density at radius 2 is 2.00 bits per heavy atom. The number of rotatable bonds is 6. The Morgan fingerprint density at radius 1 is 1.20 bits per heavy atom. The lowest BCUT2D eigenvalue weighted by molar-refractivity contribution is -0.142. The first kappa shape index (κ1) is 18.6. The molecule has 138 valence electrons. The normalized spacial score (nSPS) is 21.5. The molecule has 2 amide bonds. The number of hydrogen-bond donors (Lipinski definition) is 1. The molecular formula is C17H26N4O2S2. The van der Waals surface area contributed by atoms with Crippen LogP contribution in [0.15, 0.2) is 4.34 Å². The Bertz CT molecular complexity index is 601. The van der Waals surface area contributed by atoms with E-state index in [-0.39, 0.29) is 23.8 Å². The number of likely N-dealkylation sites (tertiary alicyclic amines) is 1. The third kappa shape index (κ3) is 4.94. The molecule has 25 heavy (non-hydrogen) atoms. The molecule has 0 spiro atoms.